The minimum atomic E-state index is 0.636. The molecule has 5 nitrogen and oxygen atoms in total. The van der Waals surface area contributed by atoms with Crippen LogP contribution in [0.3, 0.4) is 0 Å². The van der Waals surface area contributed by atoms with Crippen LogP contribution in [-0.4, -0.2) is 19.9 Å². The summed E-state index contributed by atoms with van der Waals surface area (Å²) in [6, 6.07) is 54.7. The topological polar surface area (TPSA) is 64.7 Å². The lowest BCUT2D eigenvalue weighted by atomic mass is 10.0. The zero-order valence-electron chi connectivity index (χ0n) is 28.0. The van der Waals surface area contributed by atoms with Gasteiger partial charge in [0, 0.05) is 62.6 Å². The van der Waals surface area contributed by atoms with Crippen molar-refractivity contribution in [2.24, 2.45) is 0 Å². The van der Waals surface area contributed by atoms with Crippen molar-refractivity contribution in [1.82, 2.24) is 19.9 Å². The van der Waals surface area contributed by atoms with Gasteiger partial charge in [0.25, 0.3) is 0 Å². The molecule has 0 radical (unpaired) electrons. The maximum absolute atomic E-state index is 6.10. The molecule has 0 atom stereocenters. The van der Waals surface area contributed by atoms with Crippen LogP contribution in [0.25, 0.3) is 108 Å². The molecule has 4 heterocycles. The van der Waals surface area contributed by atoms with Crippen LogP contribution in [0.15, 0.2) is 162 Å². The number of hydrogen-bond donors (Lipinski definition) is 0. The lowest BCUT2D eigenvalue weighted by Gasteiger charge is -2.09. The van der Waals surface area contributed by atoms with E-state index in [1.165, 1.54) is 45.9 Å². The SMILES string of the molecule is c1ccc(-c2nc(-c3ccc(-c4cccc5c4sc4ccc(-c6nc7ccccc7o6)cc45)cc3)nc(-c3ccc4c(c3)sc3ccccc34)n2)cc1. The van der Waals surface area contributed by atoms with Crippen LogP contribution in [0.5, 0.6) is 0 Å². The van der Waals surface area contributed by atoms with Crippen LogP contribution in [0, 0.1) is 0 Å². The predicted molar refractivity (Wildman–Crippen MR) is 220 cm³/mol. The Morgan fingerprint density at radius 3 is 1.87 bits per heavy atom. The second-order valence-corrected chi connectivity index (χ2v) is 15.2. The molecule has 7 heteroatoms. The summed E-state index contributed by atoms with van der Waals surface area (Å²) >= 11 is 3.61. The average molecular weight is 715 g/mol. The number of rotatable bonds is 5. The summed E-state index contributed by atoms with van der Waals surface area (Å²) in [6.45, 7) is 0. The summed E-state index contributed by atoms with van der Waals surface area (Å²) < 4.78 is 11.1. The van der Waals surface area contributed by atoms with E-state index in [0.29, 0.717) is 23.4 Å². The van der Waals surface area contributed by atoms with Gasteiger partial charge in [0.2, 0.25) is 5.89 Å². The van der Waals surface area contributed by atoms with E-state index >= 15 is 0 Å². The lowest BCUT2D eigenvalue weighted by molar-refractivity contribution is 0.620. The Kier molecular flexibility index (Phi) is 6.83. The lowest BCUT2D eigenvalue weighted by Crippen LogP contribution is -2.00. The summed E-state index contributed by atoms with van der Waals surface area (Å²) in [4.78, 5) is 19.8. The van der Waals surface area contributed by atoms with Gasteiger partial charge >= 0.3 is 0 Å². The summed E-state index contributed by atoms with van der Waals surface area (Å²) in [6.07, 6.45) is 0. The Bertz CT molecular complexity index is 3150. The van der Waals surface area contributed by atoms with E-state index in [1.54, 1.807) is 11.3 Å². The molecule has 7 aromatic carbocycles. The second-order valence-electron chi connectivity index (χ2n) is 13.0. The Morgan fingerprint density at radius 1 is 0.377 bits per heavy atom. The standard InChI is InChI=1S/C46H26N4OS2/c1-2-9-28(10-3-1)43-48-44(50-45(49-43)30-21-23-34-33-11-4-7-16-39(33)52-41(34)26-30)29-19-17-27(18-20-29)32-12-8-13-35-36-25-31(22-24-40(36)53-42(32)35)46-47-37-14-5-6-15-38(37)51-46/h1-26H. The number of thiophene rings is 2. The van der Waals surface area contributed by atoms with Gasteiger partial charge in [-0.25, -0.2) is 19.9 Å². The van der Waals surface area contributed by atoms with Gasteiger partial charge in [0.15, 0.2) is 23.1 Å². The van der Waals surface area contributed by atoms with Gasteiger partial charge in [-0.15, -0.1) is 22.7 Å². The quantitative estimate of drug-likeness (QED) is 0.178. The summed E-state index contributed by atoms with van der Waals surface area (Å²) in [7, 11) is 0. The van der Waals surface area contributed by atoms with E-state index in [-0.39, 0.29) is 0 Å². The maximum atomic E-state index is 6.10. The van der Waals surface area contributed by atoms with Crippen molar-refractivity contribution in [3.8, 4) is 56.7 Å². The van der Waals surface area contributed by atoms with Gasteiger partial charge in [-0.05, 0) is 53.6 Å². The van der Waals surface area contributed by atoms with Gasteiger partial charge in [-0.1, -0.05) is 115 Å². The molecule has 0 unspecified atom stereocenters. The number of fused-ring (bicyclic) bond motifs is 7. The minimum Gasteiger partial charge on any atom is -0.436 e. The molecule has 0 spiro atoms. The molecule has 4 aromatic heterocycles. The molecular weight excluding hydrogens is 689 g/mol. The van der Waals surface area contributed by atoms with E-state index in [0.717, 1.165) is 38.9 Å². The van der Waals surface area contributed by atoms with E-state index in [4.69, 9.17) is 24.4 Å². The molecule has 11 aromatic rings. The first-order chi connectivity index (χ1) is 26.2. The smallest absolute Gasteiger partial charge is 0.227 e. The van der Waals surface area contributed by atoms with Crippen molar-refractivity contribution in [2.45, 2.75) is 0 Å². The van der Waals surface area contributed by atoms with Crippen molar-refractivity contribution < 1.29 is 4.42 Å². The molecule has 0 saturated heterocycles. The zero-order valence-corrected chi connectivity index (χ0v) is 29.7. The molecule has 0 aliphatic rings. The third-order valence-electron chi connectivity index (χ3n) is 9.80. The summed E-state index contributed by atoms with van der Waals surface area (Å²) in [5.41, 5.74) is 7.81. The van der Waals surface area contributed by atoms with E-state index < -0.39 is 0 Å². The van der Waals surface area contributed by atoms with Gasteiger partial charge in [0.05, 0.1) is 0 Å². The maximum Gasteiger partial charge on any atom is 0.227 e. The molecule has 0 aliphatic carbocycles. The molecular formula is C46H26N4OS2. The third-order valence-corrected chi connectivity index (χ3v) is 12.1. The molecule has 0 fully saturated rings. The van der Waals surface area contributed by atoms with Gasteiger partial charge in [0.1, 0.15) is 5.52 Å². The van der Waals surface area contributed by atoms with Crippen molar-refractivity contribution in [3.05, 3.63) is 158 Å². The number of hydrogen-bond acceptors (Lipinski definition) is 7. The highest BCUT2D eigenvalue weighted by molar-refractivity contribution is 7.26. The van der Waals surface area contributed by atoms with Gasteiger partial charge < -0.3 is 4.42 Å². The molecule has 248 valence electrons. The van der Waals surface area contributed by atoms with Crippen LogP contribution < -0.4 is 0 Å². The highest BCUT2D eigenvalue weighted by Gasteiger charge is 2.17. The van der Waals surface area contributed by atoms with E-state index in [9.17, 15) is 0 Å². The zero-order chi connectivity index (χ0) is 34.9. The molecule has 0 amide bonds. The normalized spacial score (nSPS) is 11.8. The van der Waals surface area contributed by atoms with Gasteiger partial charge in [-0.2, -0.15) is 0 Å². The number of aromatic nitrogens is 4. The Morgan fingerprint density at radius 2 is 1.02 bits per heavy atom. The van der Waals surface area contributed by atoms with E-state index in [1.807, 2.05) is 65.9 Å². The fraction of sp³-hybridized carbons (Fsp3) is 0. The monoisotopic (exact) mass is 714 g/mol. The Balaban J connectivity index is 0.984. The molecule has 53 heavy (non-hydrogen) atoms. The van der Waals surface area contributed by atoms with Crippen molar-refractivity contribution in [3.63, 3.8) is 0 Å². The second kappa shape index (κ2) is 12.0. The molecule has 0 bridgehead atoms. The van der Waals surface area contributed by atoms with Crippen LogP contribution in [-0.2, 0) is 0 Å². The highest BCUT2D eigenvalue weighted by atomic mass is 32.1. The number of benzene rings is 7. The Hall–Kier alpha value is -6.54. The Labute approximate surface area is 311 Å². The molecule has 0 aliphatic heterocycles. The van der Waals surface area contributed by atoms with Crippen molar-refractivity contribution in [1.29, 1.82) is 0 Å². The number of oxazole rings is 1. The summed E-state index contributed by atoms with van der Waals surface area (Å²) in [5.74, 6) is 2.59. The van der Waals surface area contributed by atoms with E-state index in [2.05, 4.69) is 103 Å². The minimum absolute atomic E-state index is 0.636. The fourth-order valence-electron chi connectivity index (χ4n) is 7.17. The molecule has 0 saturated carbocycles. The fourth-order valence-corrected chi connectivity index (χ4v) is 9.53. The molecule has 11 rings (SSSR count). The number of nitrogens with zero attached hydrogens (tertiary/aromatic N) is 4. The third kappa shape index (κ3) is 5.12. The predicted octanol–water partition coefficient (Wildman–Crippen LogP) is 13.1. The first-order valence-electron chi connectivity index (χ1n) is 17.4. The number of para-hydroxylation sites is 2. The average Bonchev–Trinajstić information content (AvgIpc) is 3.94. The van der Waals surface area contributed by atoms with Crippen LogP contribution >= 0.6 is 22.7 Å². The summed E-state index contributed by atoms with van der Waals surface area (Å²) in [5, 5.41) is 4.94. The van der Waals surface area contributed by atoms with Crippen LogP contribution in [0.2, 0.25) is 0 Å². The molecule has 0 N–H and O–H groups in total. The first kappa shape index (κ1) is 30.1. The largest absolute Gasteiger partial charge is 0.436 e. The van der Waals surface area contributed by atoms with Gasteiger partial charge in [-0.3, -0.25) is 0 Å². The van der Waals surface area contributed by atoms with Crippen molar-refractivity contribution in [2.75, 3.05) is 0 Å². The van der Waals surface area contributed by atoms with Crippen molar-refractivity contribution >= 4 is 74.1 Å². The van der Waals surface area contributed by atoms with Crippen LogP contribution in [0.1, 0.15) is 0 Å². The first-order valence-corrected chi connectivity index (χ1v) is 19.0. The van der Waals surface area contributed by atoms with Crippen LogP contribution in [0.4, 0.5) is 0 Å². The highest BCUT2D eigenvalue weighted by Crippen LogP contribution is 2.42.